The van der Waals surface area contributed by atoms with Crippen molar-refractivity contribution in [3.05, 3.63) is 57.8 Å². The fraction of sp³-hybridized carbons (Fsp3) is 0.312. The van der Waals surface area contributed by atoms with Gasteiger partial charge in [-0.1, -0.05) is 22.0 Å². The molecule has 1 N–H and O–H groups in total. The molecule has 0 aliphatic heterocycles. The Balaban J connectivity index is 2.29. The van der Waals surface area contributed by atoms with E-state index in [9.17, 15) is 0 Å². The molecule has 4 heteroatoms. The fourth-order valence-electron chi connectivity index (χ4n) is 2.29. The largest absolute Gasteiger partial charge is 0.497 e. The number of aryl methyl sites for hydroxylation is 1. The van der Waals surface area contributed by atoms with Crippen LogP contribution in [0.2, 0.25) is 0 Å². The molecule has 1 aromatic carbocycles. The van der Waals surface area contributed by atoms with Crippen LogP contribution in [0.15, 0.2) is 41.0 Å². The third kappa shape index (κ3) is 3.38. The number of likely N-dealkylation sites (N-methyl/N-ethyl adjacent to an activating group) is 1. The molecule has 0 spiro atoms. The SMILES string of the molecule is CNC(Cc1cc(OC)ccc1Br)c1cccnc1C. The van der Waals surface area contributed by atoms with E-state index in [0.29, 0.717) is 0 Å². The van der Waals surface area contributed by atoms with Crippen molar-refractivity contribution in [2.75, 3.05) is 14.2 Å². The van der Waals surface area contributed by atoms with Gasteiger partial charge in [-0.15, -0.1) is 0 Å². The number of hydrogen-bond donors (Lipinski definition) is 1. The van der Waals surface area contributed by atoms with Crippen LogP contribution < -0.4 is 10.1 Å². The quantitative estimate of drug-likeness (QED) is 0.905. The molecule has 0 bridgehead atoms. The van der Waals surface area contributed by atoms with Crippen LogP contribution in [0.4, 0.5) is 0 Å². The van der Waals surface area contributed by atoms with Gasteiger partial charge in [-0.25, -0.2) is 0 Å². The van der Waals surface area contributed by atoms with Gasteiger partial charge in [0.1, 0.15) is 5.75 Å². The van der Waals surface area contributed by atoms with E-state index in [2.05, 4.69) is 38.4 Å². The van der Waals surface area contributed by atoms with Crippen molar-refractivity contribution in [1.29, 1.82) is 0 Å². The number of methoxy groups -OCH3 is 1. The zero-order chi connectivity index (χ0) is 14.5. The summed E-state index contributed by atoms with van der Waals surface area (Å²) in [6.45, 7) is 2.04. The van der Waals surface area contributed by atoms with Crippen molar-refractivity contribution in [1.82, 2.24) is 10.3 Å². The Morgan fingerprint density at radius 3 is 2.80 bits per heavy atom. The van der Waals surface area contributed by atoms with Crippen LogP contribution in [-0.4, -0.2) is 19.1 Å². The number of hydrogen-bond acceptors (Lipinski definition) is 3. The van der Waals surface area contributed by atoms with Crippen LogP contribution in [0.3, 0.4) is 0 Å². The highest BCUT2D eigenvalue weighted by atomic mass is 79.9. The van der Waals surface area contributed by atoms with E-state index in [1.807, 2.05) is 38.4 Å². The Labute approximate surface area is 128 Å². The second-order valence-corrected chi connectivity index (χ2v) is 5.54. The number of rotatable bonds is 5. The van der Waals surface area contributed by atoms with Crippen LogP contribution in [-0.2, 0) is 6.42 Å². The lowest BCUT2D eigenvalue weighted by Crippen LogP contribution is -2.20. The lowest BCUT2D eigenvalue weighted by Gasteiger charge is -2.19. The summed E-state index contributed by atoms with van der Waals surface area (Å²) in [7, 11) is 3.67. The topological polar surface area (TPSA) is 34.1 Å². The number of aromatic nitrogens is 1. The summed E-state index contributed by atoms with van der Waals surface area (Å²) in [4.78, 5) is 4.37. The van der Waals surface area contributed by atoms with Gasteiger partial charge >= 0.3 is 0 Å². The van der Waals surface area contributed by atoms with Crippen LogP contribution >= 0.6 is 15.9 Å². The normalized spacial score (nSPS) is 12.2. The summed E-state index contributed by atoms with van der Waals surface area (Å²) in [5.41, 5.74) is 3.50. The van der Waals surface area contributed by atoms with Crippen molar-refractivity contribution in [2.45, 2.75) is 19.4 Å². The van der Waals surface area contributed by atoms with Crippen molar-refractivity contribution < 1.29 is 4.74 Å². The van der Waals surface area contributed by atoms with Crippen LogP contribution in [0, 0.1) is 6.92 Å². The molecule has 0 amide bonds. The first-order chi connectivity index (χ1) is 9.65. The number of halogens is 1. The number of ether oxygens (including phenoxy) is 1. The summed E-state index contributed by atoms with van der Waals surface area (Å²) in [6.07, 6.45) is 2.70. The maximum atomic E-state index is 5.30. The lowest BCUT2D eigenvalue weighted by molar-refractivity contribution is 0.413. The standard InChI is InChI=1S/C16H19BrN2O/c1-11-14(5-4-8-19-11)16(18-2)10-12-9-13(20-3)6-7-15(12)17/h4-9,16,18H,10H2,1-3H3. The minimum absolute atomic E-state index is 0.229. The lowest BCUT2D eigenvalue weighted by atomic mass is 9.98. The molecule has 0 aliphatic carbocycles. The first-order valence-corrected chi connectivity index (χ1v) is 7.36. The average molecular weight is 335 g/mol. The molecule has 2 aromatic rings. The van der Waals surface area contributed by atoms with Gasteiger partial charge in [0.2, 0.25) is 0 Å². The summed E-state index contributed by atoms with van der Waals surface area (Å²) >= 11 is 3.61. The van der Waals surface area contributed by atoms with E-state index in [4.69, 9.17) is 4.74 Å². The van der Waals surface area contributed by atoms with E-state index in [1.165, 1.54) is 11.1 Å². The third-order valence-corrected chi connectivity index (χ3v) is 4.22. The second kappa shape index (κ2) is 6.86. The van der Waals surface area contributed by atoms with E-state index >= 15 is 0 Å². The second-order valence-electron chi connectivity index (χ2n) is 4.68. The molecule has 1 atom stereocenters. The first-order valence-electron chi connectivity index (χ1n) is 6.57. The van der Waals surface area contributed by atoms with E-state index < -0.39 is 0 Å². The Kier molecular flexibility index (Phi) is 5.15. The third-order valence-electron chi connectivity index (χ3n) is 3.45. The summed E-state index contributed by atoms with van der Waals surface area (Å²) in [6, 6.07) is 10.4. The van der Waals surface area contributed by atoms with Crippen molar-refractivity contribution in [3.63, 3.8) is 0 Å². The molecule has 1 heterocycles. The molecule has 1 aromatic heterocycles. The molecule has 0 saturated carbocycles. The van der Waals surface area contributed by atoms with Crippen molar-refractivity contribution in [3.8, 4) is 5.75 Å². The maximum Gasteiger partial charge on any atom is 0.119 e. The van der Waals surface area contributed by atoms with Crippen LogP contribution in [0.25, 0.3) is 0 Å². The summed E-state index contributed by atoms with van der Waals surface area (Å²) < 4.78 is 6.40. The zero-order valence-electron chi connectivity index (χ0n) is 12.0. The number of pyridine rings is 1. The number of nitrogens with one attached hydrogen (secondary N) is 1. The van der Waals surface area contributed by atoms with E-state index in [0.717, 1.165) is 22.3 Å². The highest BCUT2D eigenvalue weighted by molar-refractivity contribution is 9.10. The van der Waals surface area contributed by atoms with Crippen molar-refractivity contribution in [2.24, 2.45) is 0 Å². The van der Waals surface area contributed by atoms with E-state index in [-0.39, 0.29) is 6.04 Å². The van der Waals surface area contributed by atoms with Gasteiger partial charge in [-0.05, 0) is 55.8 Å². The maximum absolute atomic E-state index is 5.30. The number of benzene rings is 1. The van der Waals surface area contributed by atoms with Gasteiger partial charge in [0.25, 0.3) is 0 Å². The zero-order valence-corrected chi connectivity index (χ0v) is 13.6. The molecule has 1 unspecified atom stereocenters. The van der Waals surface area contributed by atoms with Gasteiger partial charge in [-0.3, -0.25) is 4.98 Å². The molecule has 2 rings (SSSR count). The highest BCUT2D eigenvalue weighted by Crippen LogP contribution is 2.28. The van der Waals surface area contributed by atoms with Crippen molar-refractivity contribution >= 4 is 15.9 Å². The summed E-state index contributed by atoms with van der Waals surface area (Å²) in [5, 5.41) is 3.37. The van der Waals surface area contributed by atoms with Gasteiger partial charge < -0.3 is 10.1 Å². The Hall–Kier alpha value is -1.39. The Bertz CT molecular complexity index is 586. The molecule has 0 saturated heterocycles. The Morgan fingerprint density at radius 2 is 2.15 bits per heavy atom. The first kappa shape index (κ1) is 15.0. The van der Waals surface area contributed by atoms with Gasteiger partial charge in [-0.2, -0.15) is 0 Å². The molecular formula is C16H19BrN2O. The molecule has 106 valence electrons. The molecule has 0 aliphatic rings. The smallest absolute Gasteiger partial charge is 0.119 e. The predicted molar refractivity (Wildman–Crippen MR) is 85.2 cm³/mol. The molecule has 0 fully saturated rings. The Morgan fingerprint density at radius 1 is 1.35 bits per heavy atom. The molecule has 3 nitrogen and oxygen atoms in total. The van der Waals surface area contributed by atoms with Gasteiger partial charge in [0, 0.05) is 22.4 Å². The van der Waals surface area contributed by atoms with Gasteiger partial charge in [0.05, 0.1) is 7.11 Å². The van der Waals surface area contributed by atoms with E-state index in [1.54, 1.807) is 7.11 Å². The van der Waals surface area contributed by atoms with Crippen LogP contribution in [0.5, 0.6) is 5.75 Å². The molecule has 0 radical (unpaired) electrons. The fourth-order valence-corrected chi connectivity index (χ4v) is 2.70. The summed E-state index contributed by atoms with van der Waals surface area (Å²) in [5.74, 6) is 0.876. The minimum Gasteiger partial charge on any atom is -0.497 e. The monoisotopic (exact) mass is 334 g/mol. The number of nitrogens with zero attached hydrogens (tertiary/aromatic N) is 1. The van der Waals surface area contributed by atoms with Crippen LogP contribution in [0.1, 0.15) is 22.9 Å². The average Bonchev–Trinajstić information content (AvgIpc) is 2.47. The van der Waals surface area contributed by atoms with Gasteiger partial charge in [0.15, 0.2) is 0 Å². The molecule has 20 heavy (non-hydrogen) atoms. The molecular weight excluding hydrogens is 316 g/mol. The minimum atomic E-state index is 0.229. The highest BCUT2D eigenvalue weighted by Gasteiger charge is 2.15. The predicted octanol–water partition coefficient (Wildman–Crippen LogP) is 3.66.